The van der Waals surface area contributed by atoms with Crippen LogP contribution in [0.15, 0.2) is 53.4 Å². The normalized spacial score (nSPS) is 25.6. The Labute approximate surface area is 161 Å². The minimum Gasteiger partial charge on any atom is -0.485 e. The molecule has 4 rings (SSSR count). The molecule has 0 radical (unpaired) electrons. The molecule has 8 nitrogen and oxygen atoms in total. The van der Waals surface area contributed by atoms with Crippen molar-refractivity contribution in [3.05, 3.63) is 54.1 Å². The fourth-order valence-electron chi connectivity index (χ4n) is 3.82. The lowest BCUT2D eigenvalue weighted by molar-refractivity contribution is -0.139. The Hall–Kier alpha value is -2.62. The summed E-state index contributed by atoms with van der Waals surface area (Å²) in [6.07, 6.45) is -1.13. The summed E-state index contributed by atoms with van der Waals surface area (Å²) in [6, 6.07) is 12.3. The summed E-state index contributed by atoms with van der Waals surface area (Å²) in [4.78, 5) is 10.9. The molecule has 3 N–H and O–H groups in total. The van der Waals surface area contributed by atoms with Gasteiger partial charge in [-0.3, -0.25) is 0 Å². The second-order valence-corrected chi connectivity index (χ2v) is 8.52. The number of benzene rings is 2. The number of fused-ring (bicyclic) bond motifs is 3. The molecule has 4 unspecified atom stereocenters. The van der Waals surface area contributed by atoms with Crippen LogP contribution in [0.25, 0.3) is 0 Å². The highest BCUT2D eigenvalue weighted by Gasteiger charge is 2.51. The van der Waals surface area contributed by atoms with E-state index in [-0.39, 0.29) is 11.3 Å². The van der Waals surface area contributed by atoms with Crippen molar-refractivity contribution in [1.29, 1.82) is 0 Å². The number of nitrogens with one attached hydrogen (secondary N) is 1. The minimum atomic E-state index is -3.77. The van der Waals surface area contributed by atoms with Gasteiger partial charge in [0.2, 0.25) is 10.0 Å². The number of carboxylic acid groups (broad SMARTS) is 1. The zero-order chi connectivity index (χ0) is 19.9. The first kappa shape index (κ1) is 18.7. The van der Waals surface area contributed by atoms with Crippen LogP contribution in [0.4, 0.5) is 0 Å². The van der Waals surface area contributed by atoms with Crippen LogP contribution < -0.4 is 14.2 Å². The fourth-order valence-corrected chi connectivity index (χ4v) is 5.11. The zero-order valence-electron chi connectivity index (χ0n) is 14.7. The molecule has 9 heteroatoms. The van der Waals surface area contributed by atoms with Crippen molar-refractivity contribution in [1.82, 2.24) is 4.72 Å². The third-order valence-electron chi connectivity index (χ3n) is 5.02. The number of carbonyl (C=O) groups is 1. The first-order chi connectivity index (χ1) is 13.4. The summed E-state index contributed by atoms with van der Waals surface area (Å²) in [5, 5.41) is 19.6. The van der Waals surface area contributed by atoms with Crippen LogP contribution in [0.1, 0.15) is 17.9 Å². The van der Waals surface area contributed by atoms with Crippen molar-refractivity contribution in [3.63, 3.8) is 0 Å². The predicted molar refractivity (Wildman–Crippen MR) is 97.9 cm³/mol. The number of para-hydroxylation sites is 1. The molecule has 0 aromatic heterocycles. The highest BCUT2D eigenvalue weighted by atomic mass is 32.2. The molecule has 0 bridgehead atoms. The van der Waals surface area contributed by atoms with Gasteiger partial charge in [-0.05, 0) is 18.2 Å². The van der Waals surface area contributed by atoms with E-state index in [1.165, 1.54) is 12.1 Å². The number of aliphatic carboxylic acids is 1. The molecule has 2 aliphatic rings. The zero-order valence-corrected chi connectivity index (χ0v) is 15.5. The van der Waals surface area contributed by atoms with Crippen molar-refractivity contribution in [2.75, 3.05) is 6.61 Å². The Kier molecular flexibility index (Phi) is 4.74. The van der Waals surface area contributed by atoms with Gasteiger partial charge in [-0.2, -0.15) is 0 Å². The summed E-state index contributed by atoms with van der Waals surface area (Å²) in [7, 11) is -3.77. The molecule has 1 aliphatic heterocycles. The molecule has 148 valence electrons. The quantitative estimate of drug-likeness (QED) is 0.658. The van der Waals surface area contributed by atoms with Crippen LogP contribution >= 0.6 is 0 Å². The minimum absolute atomic E-state index is 0.130. The third-order valence-corrected chi connectivity index (χ3v) is 6.52. The fraction of sp³-hybridized carbons (Fsp3) is 0.316. The SMILES string of the molecule is O=C(O)COc1cccc2c1OC1CC(NS(=O)(=O)c3ccccc3)C(O)C21. The van der Waals surface area contributed by atoms with E-state index in [0.29, 0.717) is 17.1 Å². The van der Waals surface area contributed by atoms with E-state index in [9.17, 15) is 18.3 Å². The smallest absolute Gasteiger partial charge is 0.341 e. The predicted octanol–water partition coefficient (Wildman–Crippen LogP) is 1.11. The Bertz CT molecular complexity index is 993. The van der Waals surface area contributed by atoms with E-state index in [2.05, 4.69) is 4.72 Å². The molecule has 1 heterocycles. The van der Waals surface area contributed by atoms with Crippen molar-refractivity contribution in [2.45, 2.75) is 35.5 Å². The molecule has 4 atom stereocenters. The average Bonchev–Trinajstić information content (AvgIpc) is 3.17. The Morgan fingerprint density at radius 3 is 2.64 bits per heavy atom. The molecule has 1 saturated carbocycles. The lowest BCUT2D eigenvalue weighted by Crippen LogP contribution is -2.41. The van der Waals surface area contributed by atoms with E-state index in [1.807, 2.05) is 0 Å². The van der Waals surface area contributed by atoms with Gasteiger partial charge in [0.15, 0.2) is 18.1 Å². The van der Waals surface area contributed by atoms with Gasteiger partial charge < -0.3 is 19.7 Å². The van der Waals surface area contributed by atoms with E-state index in [0.717, 1.165) is 0 Å². The molecular weight excluding hydrogens is 386 g/mol. The maximum atomic E-state index is 12.6. The van der Waals surface area contributed by atoms with Crippen LogP contribution in [0, 0.1) is 0 Å². The van der Waals surface area contributed by atoms with Gasteiger partial charge in [-0.1, -0.05) is 30.3 Å². The summed E-state index contributed by atoms with van der Waals surface area (Å²) in [6.45, 7) is -0.503. The van der Waals surface area contributed by atoms with Crippen molar-refractivity contribution in [2.24, 2.45) is 0 Å². The van der Waals surface area contributed by atoms with Gasteiger partial charge in [0, 0.05) is 12.0 Å². The average molecular weight is 405 g/mol. The number of sulfonamides is 1. The van der Waals surface area contributed by atoms with Gasteiger partial charge in [-0.15, -0.1) is 0 Å². The molecule has 28 heavy (non-hydrogen) atoms. The van der Waals surface area contributed by atoms with E-state index >= 15 is 0 Å². The number of hydrogen-bond donors (Lipinski definition) is 3. The van der Waals surface area contributed by atoms with Crippen LogP contribution in [0.2, 0.25) is 0 Å². The van der Waals surface area contributed by atoms with E-state index < -0.39 is 46.8 Å². The molecule has 0 amide bonds. The standard InChI is InChI=1S/C19H19NO7S/c21-16(22)10-26-14-8-4-7-12-17-15(27-19(12)14)9-13(18(17)23)20-28(24,25)11-5-2-1-3-6-11/h1-8,13,15,17-18,20,23H,9-10H2,(H,21,22). The van der Waals surface area contributed by atoms with Gasteiger partial charge in [0.25, 0.3) is 0 Å². The summed E-state index contributed by atoms with van der Waals surface area (Å²) >= 11 is 0. The van der Waals surface area contributed by atoms with Crippen LogP contribution in [0.3, 0.4) is 0 Å². The Morgan fingerprint density at radius 2 is 1.93 bits per heavy atom. The molecule has 0 saturated heterocycles. The molecule has 2 aromatic carbocycles. The summed E-state index contributed by atoms with van der Waals surface area (Å²) in [5.74, 6) is -0.830. The number of rotatable bonds is 6. The monoisotopic (exact) mass is 405 g/mol. The van der Waals surface area contributed by atoms with E-state index in [1.54, 1.807) is 36.4 Å². The molecular formula is C19H19NO7S. The molecule has 0 spiro atoms. The first-order valence-electron chi connectivity index (χ1n) is 8.76. The van der Waals surface area contributed by atoms with Crippen molar-refractivity contribution >= 4 is 16.0 Å². The van der Waals surface area contributed by atoms with Gasteiger partial charge in [0.1, 0.15) is 6.10 Å². The third kappa shape index (κ3) is 3.32. The Morgan fingerprint density at radius 1 is 1.18 bits per heavy atom. The summed E-state index contributed by atoms with van der Waals surface area (Å²) in [5.41, 5.74) is 0.682. The first-order valence-corrected chi connectivity index (χ1v) is 10.2. The number of ether oxygens (including phenoxy) is 2. The topological polar surface area (TPSA) is 122 Å². The van der Waals surface area contributed by atoms with Crippen molar-refractivity contribution < 1.29 is 32.9 Å². The Balaban J connectivity index is 1.54. The van der Waals surface area contributed by atoms with Crippen LogP contribution in [0.5, 0.6) is 11.5 Å². The molecule has 1 aliphatic carbocycles. The number of hydrogen-bond acceptors (Lipinski definition) is 6. The lowest BCUT2D eigenvalue weighted by Gasteiger charge is -2.20. The molecule has 1 fully saturated rings. The van der Waals surface area contributed by atoms with Gasteiger partial charge >= 0.3 is 5.97 Å². The van der Waals surface area contributed by atoms with Crippen molar-refractivity contribution in [3.8, 4) is 11.5 Å². The second-order valence-electron chi connectivity index (χ2n) is 6.81. The summed E-state index contributed by atoms with van der Waals surface area (Å²) < 4.78 is 38.9. The largest absolute Gasteiger partial charge is 0.485 e. The lowest BCUT2D eigenvalue weighted by atomic mass is 9.95. The van der Waals surface area contributed by atoms with Crippen LogP contribution in [-0.4, -0.2) is 49.5 Å². The number of aliphatic hydroxyl groups excluding tert-OH is 1. The van der Waals surface area contributed by atoms with Gasteiger partial charge in [-0.25, -0.2) is 17.9 Å². The number of carboxylic acids is 1. The highest BCUT2D eigenvalue weighted by molar-refractivity contribution is 7.89. The van der Waals surface area contributed by atoms with Gasteiger partial charge in [0.05, 0.1) is 23.0 Å². The maximum Gasteiger partial charge on any atom is 0.341 e. The van der Waals surface area contributed by atoms with E-state index in [4.69, 9.17) is 14.6 Å². The maximum absolute atomic E-state index is 12.6. The highest BCUT2D eigenvalue weighted by Crippen LogP contribution is 2.50. The van der Waals surface area contributed by atoms with Crippen LogP contribution in [-0.2, 0) is 14.8 Å². The number of aliphatic hydroxyl groups is 1. The molecule has 2 aromatic rings. The second kappa shape index (κ2) is 7.08.